The van der Waals surface area contributed by atoms with Gasteiger partial charge in [-0.1, -0.05) is 0 Å². The van der Waals surface area contributed by atoms with Crippen LogP contribution in [-0.4, -0.2) is 15.7 Å². The van der Waals surface area contributed by atoms with E-state index in [9.17, 15) is 0 Å². The second kappa shape index (κ2) is 7.16. The molecule has 1 heterocycles. The van der Waals surface area contributed by atoms with Crippen molar-refractivity contribution < 1.29 is 62.2 Å². The van der Waals surface area contributed by atoms with Crippen LogP contribution in [0.1, 0.15) is 40.5 Å². The largest absolute Gasteiger partial charge is 1.00 e. The standard InChI is InChI=1S/C9H18N.2ClH.Li.Zn/c1-8(2)6-5-7-10-9(8,3)4;;;;/h5-7H2,1-4H3;2*1H;;/q-1;;;+1;+2/p-2. The quantitative estimate of drug-likeness (QED) is 0.400. The maximum Gasteiger partial charge on any atom is 1.00 e. The van der Waals surface area contributed by atoms with Gasteiger partial charge in [-0.2, -0.15) is 0 Å². The molecule has 0 spiro atoms. The maximum absolute atomic E-state index is 2.61. The van der Waals surface area contributed by atoms with Crippen LogP contribution in [0.2, 0.25) is 0 Å². The Morgan fingerprint density at radius 3 is 1.79 bits per heavy atom. The molecule has 0 aliphatic carbocycles. The first-order valence-corrected chi connectivity index (χ1v) is 5.79. The second-order valence-electron chi connectivity index (χ2n) is 4.81. The third-order valence-corrected chi connectivity index (χ3v) is 6.00. The molecular weight excluding hydrogens is 265 g/mol. The summed E-state index contributed by atoms with van der Waals surface area (Å²) >= 11 is 1.32. The van der Waals surface area contributed by atoms with Crippen molar-refractivity contribution in [2.45, 2.75) is 46.1 Å². The molecule has 0 unspecified atom stereocenters. The number of hydrogen-bond acceptors (Lipinski definition) is 1. The van der Waals surface area contributed by atoms with Gasteiger partial charge in [-0.3, -0.25) is 0 Å². The SMILES string of the molecule is CC1(C)CCC[N]([Zn+])C1(C)C.[Cl-].[Cl-].[Li+]. The van der Waals surface area contributed by atoms with E-state index >= 15 is 0 Å². The van der Waals surface area contributed by atoms with Crippen LogP contribution in [0.25, 0.3) is 0 Å². The first-order valence-electron chi connectivity index (χ1n) is 4.46. The van der Waals surface area contributed by atoms with Gasteiger partial charge in [-0.25, -0.2) is 0 Å². The van der Waals surface area contributed by atoms with E-state index in [1.807, 2.05) is 0 Å². The minimum atomic E-state index is 0. The summed E-state index contributed by atoms with van der Waals surface area (Å²) in [7, 11) is 0. The Kier molecular flexibility index (Phi) is 10.8. The van der Waals surface area contributed by atoms with Gasteiger partial charge in [0.2, 0.25) is 0 Å². The van der Waals surface area contributed by atoms with Crippen molar-refractivity contribution in [3.63, 3.8) is 0 Å². The molecule has 0 aromatic carbocycles. The molecule has 1 nitrogen and oxygen atoms in total. The van der Waals surface area contributed by atoms with E-state index in [1.165, 1.54) is 37.9 Å². The van der Waals surface area contributed by atoms with Gasteiger partial charge in [0.25, 0.3) is 0 Å². The molecule has 76 valence electrons. The zero-order chi connectivity index (χ0) is 8.70. The van der Waals surface area contributed by atoms with Crippen molar-refractivity contribution in [2.75, 3.05) is 6.54 Å². The molecule has 1 aliphatic rings. The Morgan fingerprint density at radius 1 is 1.07 bits per heavy atom. The summed E-state index contributed by atoms with van der Waals surface area (Å²) in [5.41, 5.74) is 0.925. The van der Waals surface area contributed by atoms with Crippen LogP contribution in [0.4, 0.5) is 0 Å². The van der Waals surface area contributed by atoms with E-state index in [0.29, 0.717) is 11.0 Å². The average Bonchev–Trinajstić information content (AvgIpc) is 1.84. The monoisotopic (exact) mass is 281 g/mol. The van der Waals surface area contributed by atoms with Crippen molar-refractivity contribution >= 4 is 0 Å². The fourth-order valence-electron chi connectivity index (χ4n) is 1.73. The number of halogens is 2. The minimum absolute atomic E-state index is 0. The summed E-state index contributed by atoms with van der Waals surface area (Å²) in [6.07, 6.45) is 2.77. The summed E-state index contributed by atoms with van der Waals surface area (Å²) in [5.74, 6) is 0. The maximum atomic E-state index is 2.61. The van der Waals surface area contributed by atoms with E-state index in [2.05, 4.69) is 31.3 Å². The third-order valence-electron chi connectivity index (χ3n) is 3.68. The van der Waals surface area contributed by atoms with Crippen LogP contribution in [-0.2, 0) is 18.5 Å². The van der Waals surface area contributed by atoms with Gasteiger partial charge in [-0.05, 0) is 0 Å². The molecule has 0 atom stereocenters. The van der Waals surface area contributed by atoms with Gasteiger partial charge < -0.3 is 24.8 Å². The summed E-state index contributed by atoms with van der Waals surface area (Å²) in [5, 5.41) is 0. The Bertz CT molecular complexity index is 165. The molecule has 1 rings (SSSR count). The molecule has 0 saturated carbocycles. The second-order valence-corrected chi connectivity index (χ2v) is 6.41. The van der Waals surface area contributed by atoms with Crippen LogP contribution >= 0.6 is 0 Å². The molecule has 0 aromatic rings. The minimum Gasteiger partial charge on any atom is -1.00 e. The fraction of sp³-hybridized carbons (Fsp3) is 1.00. The Labute approximate surface area is 123 Å². The van der Waals surface area contributed by atoms with Gasteiger partial charge in [0.05, 0.1) is 0 Å². The van der Waals surface area contributed by atoms with E-state index in [-0.39, 0.29) is 43.7 Å². The van der Waals surface area contributed by atoms with Crippen LogP contribution in [0.15, 0.2) is 0 Å². The molecule has 1 aliphatic heterocycles. The van der Waals surface area contributed by atoms with E-state index < -0.39 is 0 Å². The molecule has 0 amide bonds. The van der Waals surface area contributed by atoms with Gasteiger partial charge in [0.15, 0.2) is 0 Å². The van der Waals surface area contributed by atoms with Gasteiger partial charge >= 0.3 is 99.1 Å². The number of nitrogens with zero attached hydrogens (tertiary/aromatic N) is 1. The average molecular weight is 283 g/mol. The molecule has 5 heteroatoms. The fourth-order valence-corrected chi connectivity index (χ4v) is 3.09. The molecule has 0 radical (unpaired) electrons. The van der Waals surface area contributed by atoms with Crippen molar-refractivity contribution in [1.82, 2.24) is 3.64 Å². The molecule has 0 bridgehead atoms. The van der Waals surface area contributed by atoms with E-state index in [1.54, 1.807) is 0 Å². The van der Waals surface area contributed by atoms with Crippen molar-refractivity contribution in [3.05, 3.63) is 0 Å². The van der Waals surface area contributed by atoms with Gasteiger partial charge in [0, 0.05) is 0 Å². The number of rotatable bonds is 0. The normalized spacial score (nSPS) is 23.9. The molecular formula is C9H18Cl2LiNZn. The topological polar surface area (TPSA) is 3.24 Å². The molecule has 14 heavy (non-hydrogen) atoms. The first kappa shape index (κ1) is 21.1. The Morgan fingerprint density at radius 2 is 1.50 bits per heavy atom. The third kappa shape index (κ3) is 3.97. The summed E-state index contributed by atoms with van der Waals surface area (Å²) in [6.45, 7) is 10.9. The zero-order valence-corrected chi connectivity index (χ0v) is 14.5. The first-order chi connectivity index (χ1) is 4.88. The van der Waals surface area contributed by atoms with Crippen LogP contribution in [0.5, 0.6) is 0 Å². The molecule has 1 saturated heterocycles. The summed E-state index contributed by atoms with van der Waals surface area (Å²) in [6, 6.07) is 0. The van der Waals surface area contributed by atoms with E-state index in [0.717, 1.165) is 0 Å². The van der Waals surface area contributed by atoms with Crippen LogP contribution in [0.3, 0.4) is 0 Å². The van der Waals surface area contributed by atoms with Gasteiger partial charge in [0.1, 0.15) is 0 Å². The molecule has 1 fully saturated rings. The van der Waals surface area contributed by atoms with Crippen molar-refractivity contribution in [2.24, 2.45) is 5.41 Å². The van der Waals surface area contributed by atoms with E-state index in [4.69, 9.17) is 0 Å². The molecule has 0 N–H and O–H groups in total. The molecule has 0 aromatic heterocycles. The Balaban J connectivity index is -0.000000403. The number of piperidine rings is 1. The van der Waals surface area contributed by atoms with Crippen LogP contribution in [0, 0.1) is 5.41 Å². The van der Waals surface area contributed by atoms with Crippen LogP contribution < -0.4 is 43.7 Å². The van der Waals surface area contributed by atoms with Crippen molar-refractivity contribution in [1.29, 1.82) is 0 Å². The van der Waals surface area contributed by atoms with Crippen molar-refractivity contribution in [3.8, 4) is 0 Å². The zero-order valence-electron chi connectivity index (χ0n) is 10.0. The smallest absolute Gasteiger partial charge is 1.00 e. The summed E-state index contributed by atoms with van der Waals surface area (Å²) < 4.78 is 2.61. The van der Waals surface area contributed by atoms with Gasteiger partial charge in [-0.15, -0.1) is 0 Å². The predicted molar refractivity (Wildman–Crippen MR) is 43.8 cm³/mol. The predicted octanol–water partition coefficient (Wildman–Crippen LogP) is -6.64. The summed E-state index contributed by atoms with van der Waals surface area (Å²) in [4.78, 5) is 0. The Hall–Kier alpha value is 1.76. The number of hydrogen-bond donors (Lipinski definition) is 0.